The molecule has 8 nitrogen and oxygen atoms in total. The first-order valence-corrected chi connectivity index (χ1v) is 17.5. The first-order chi connectivity index (χ1) is 22.9. The van der Waals surface area contributed by atoms with Gasteiger partial charge in [-0.25, -0.2) is 0 Å². The van der Waals surface area contributed by atoms with Crippen molar-refractivity contribution in [2.75, 3.05) is 18.1 Å². The van der Waals surface area contributed by atoms with E-state index in [4.69, 9.17) is 21.1 Å². The lowest BCUT2D eigenvalue weighted by atomic mass is 9.95. The van der Waals surface area contributed by atoms with Crippen molar-refractivity contribution in [3.8, 4) is 11.5 Å². The van der Waals surface area contributed by atoms with Gasteiger partial charge in [-0.2, -0.15) is 0 Å². The highest BCUT2D eigenvalue weighted by Gasteiger charge is 2.48. The van der Waals surface area contributed by atoms with Crippen LogP contribution in [-0.2, 0) is 15.3 Å². The van der Waals surface area contributed by atoms with Gasteiger partial charge in [0.15, 0.2) is 15.8 Å². The second-order valence-electron chi connectivity index (χ2n) is 10.8. The number of benzene rings is 4. The van der Waals surface area contributed by atoms with E-state index in [0.29, 0.717) is 51.0 Å². The summed E-state index contributed by atoms with van der Waals surface area (Å²) in [5.41, 5.74) is 1.98. The fraction of sp³-hybridized carbons (Fsp3) is 0.222. The molecule has 5 aromatic rings. The number of fused-ring (bicyclic) bond motifs is 1. The van der Waals surface area contributed by atoms with Gasteiger partial charge in [-0.3, -0.25) is 14.5 Å². The van der Waals surface area contributed by atoms with Gasteiger partial charge >= 0.3 is 5.91 Å². The summed E-state index contributed by atoms with van der Waals surface area (Å²) in [6.45, 7) is 4.86. The van der Waals surface area contributed by atoms with E-state index < -0.39 is 17.7 Å². The third-order valence-electron chi connectivity index (χ3n) is 7.73. The summed E-state index contributed by atoms with van der Waals surface area (Å²) in [6.07, 6.45) is 1.86. The van der Waals surface area contributed by atoms with Crippen LogP contribution in [-0.4, -0.2) is 40.2 Å². The van der Waals surface area contributed by atoms with Crippen molar-refractivity contribution in [1.29, 1.82) is 0 Å². The average molecular weight is 686 g/mol. The van der Waals surface area contributed by atoms with Crippen LogP contribution in [0.5, 0.6) is 11.5 Å². The fourth-order valence-electron chi connectivity index (χ4n) is 5.43. The Kier molecular flexibility index (Phi) is 10.1. The lowest BCUT2D eigenvalue weighted by Gasteiger charge is -2.23. The van der Waals surface area contributed by atoms with E-state index >= 15 is 0 Å². The topological polar surface area (TPSA) is 102 Å². The quantitative estimate of drug-likeness (QED) is 0.0347. The lowest BCUT2D eigenvalue weighted by molar-refractivity contribution is -0.132. The van der Waals surface area contributed by atoms with E-state index in [1.54, 1.807) is 42.5 Å². The van der Waals surface area contributed by atoms with Gasteiger partial charge in [0.2, 0.25) is 5.13 Å². The molecule has 1 N–H and O–H groups in total. The minimum Gasteiger partial charge on any atom is -0.507 e. The maximum Gasteiger partial charge on any atom is 0.301 e. The molecule has 240 valence electrons. The summed E-state index contributed by atoms with van der Waals surface area (Å²) < 4.78 is 12.5. The molecular formula is C36H32ClN3O5S2. The molecule has 0 aliphatic carbocycles. The van der Waals surface area contributed by atoms with Crippen LogP contribution >= 0.6 is 34.7 Å². The Morgan fingerprint density at radius 3 is 2.53 bits per heavy atom. The number of halogens is 1. The maximum absolute atomic E-state index is 13.8. The molecule has 0 bridgehead atoms. The third-order valence-corrected chi connectivity index (χ3v) is 10.1. The van der Waals surface area contributed by atoms with Gasteiger partial charge in [0.05, 0.1) is 24.8 Å². The molecule has 0 spiro atoms. The van der Waals surface area contributed by atoms with Crippen LogP contribution in [0.4, 0.5) is 5.13 Å². The largest absolute Gasteiger partial charge is 0.507 e. The number of amides is 1. The maximum atomic E-state index is 13.8. The van der Waals surface area contributed by atoms with Gasteiger partial charge in [0, 0.05) is 16.3 Å². The molecule has 47 heavy (non-hydrogen) atoms. The van der Waals surface area contributed by atoms with Gasteiger partial charge in [-0.1, -0.05) is 96.6 Å². The standard InChI is InChI=1S/C36H32ClN3O5S2/c1-3-5-19-45-28-18-15-24(20-29(28)44-4-2)31-30(32(41)23-13-16-26(37)17-14-23)33(42)34(43)40(31)35-38-39-36(47-35)46-21-25-11-8-10-22-9-6-7-12-27(22)25/h6-18,20,31,41H,3-5,19,21H2,1-2H3/b32-30+. The summed E-state index contributed by atoms with van der Waals surface area (Å²) in [5, 5.41) is 23.3. The predicted octanol–water partition coefficient (Wildman–Crippen LogP) is 8.84. The molecular weight excluding hydrogens is 654 g/mol. The minimum atomic E-state index is -1.00. The molecule has 2 heterocycles. The normalized spacial score (nSPS) is 15.8. The number of aliphatic hydroxyl groups is 1. The molecule has 0 saturated carbocycles. The number of rotatable bonds is 12. The van der Waals surface area contributed by atoms with Gasteiger partial charge in [-0.05, 0) is 71.6 Å². The Bertz CT molecular complexity index is 1950. The Morgan fingerprint density at radius 1 is 0.957 bits per heavy atom. The Balaban J connectivity index is 1.39. The second kappa shape index (κ2) is 14.6. The third kappa shape index (κ3) is 6.86. The Morgan fingerprint density at radius 2 is 1.74 bits per heavy atom. The molecule has 1 atom stereocenters. The SMILES string of the molecule is CCCCOc1ccc(C2/C(=C(\O)c3ccc(Cl)cc3)C(=O)C(=O)N2c2nnc(SCc3cccc4ccccc34)s2)cc1OCC. The predicted molar refractivity (Wildman–Crippen MR) is 188 cm³/mol. The van der Waals surface area contributed by atoms with Crippen molar-refractivity contribution >= 4 is 68.1 Å². The van der Waals surface area contributed by atoms with Gasteiger partial charge in [-0.15, -0.1) is 10.2 Å². The highest BCUT2D eigenvalue weighted by molar-refractivity contribution is 8.00. The van der Waals surface area contributed by atoms with Crippen LogP contribution < -0.4 is 14.4 Å². The number of thioether (sulfide) groups is 1. The molecule has 1 unspecified atom stereocenters. The highest BCUT2D eigenvalue weighted by Crippen LogP contribution is 2.46. The monoisotopic (exact) mass is 685 g/mol. The van der Waals surface area contributed by atoms with Gasteiger partial charge in [0.1, 0.15) is 5.76 Å². The molecule has 6 rings (SSSR count). The summed E-state index contributed by atoms with van der Waals surface area (Å²) in [4.78, 5) is 28.8. The number of aliphatic hydroxyl groups excluding tert-OH is 1. The van der Waals surface area contributed by atoms with Crippen LogP contribution in [0.1, 0.15) is 49.4 Å². The number of ketones is 1. The van der Waals surface area contributed by atoms with E-state index in [9.17, 15) is 14.7 Å². The van der Waals surface area contributed by atoms with Crippen LogP contribution in [0.2, 0.25) is 5.02 Å². The number of anilines is 1. The molecule has 1 aliphatic heterocycles. The van der Waals surface area contributed by atoms with Crippen LogP contribution in [0.25, 0.3) is 16.5 Å². The number of nitrogens with zero attached hydrogens (tertiary/aromatic N) is 3. The van der Waals surface area contributed by atoms with Gasteiger partial charge < -0.3 is 14.6 Å². The van der Waals surface area contributed by atoms with Crippen LogP contribution in [0.15, 0.2) is 94.8 Å². The van der Waals surface area contributed by atoms with E-state index in [1.807, 2.05) is 25.1 Å². The van der Waals surface area contributed by atoms with E-state index in [-0.39, 0.29) is 16.5 Å². The zero-order chi connectivity index (χ0) is 32.9. The molecule has 1 aromatic heterocycles. The first kappa shape index (κ1) is 32.6. The van der Waals surface area contributed by atoms with Crippen molar-refractivity contribution < 1.29 is 24.2 Å². The number of aromatic nitrogens is 2. The number of unbranched alkanes of at least 4 members (excludes halogenated alkanes) is 1. The summed E-state index contributed by atoms with van der Waals surface area (Å²) in [5.74, 6) is -0.281. The molecule has 1 fully saturated rings. The molecule has 1 saturated heterocycles. The van der Waals surface area contributed by atoms with Crippen molar-refractivity contribution in [2.24, 2.45) is 0 Å². The zero-order valence-corrected chi connectivity index (χ0v) is 28.2. The first-order valence-electron chi connectivity index (χ1n) is 15.3. The zero-order valence-electron chi connectivity index (χ0n) is 25.8. The smallest absolute Gasteiger partial charge is 0.301 e. The van der Waals surface area contributed by atoms with E-state index in [2.05, 4.69) is 41.4 Å². The minimum absolute atomic E-state index is 0.0698. The summed E-state index contributed by atoms with van der Waals surface area (Å²) >= 11 is 8.81. The van der Waals surface area contributed by atoms with Crippen molar-refractivity contribution in [1.82, 2.24) is 10.2 Å². The average Bonchev–Trinajstić information content (AvgIpc) is 3.66. The molecule has 11 heteroatoms. The Labute approximate surface area is 286 Å². The molecule has 1 aliphatic rings. The number of hydrogen-bond donors (Lipinski definition) is 1. The van der Waals surface area contributed by atoms with E-state index in [0.717, 1.165) is 29.2 Å². The fourth-order valence-corrected chi connectivity index (χ4v) is 7.43. The molecule has 4 aromatic carbocycles. The number of carbonyl (C=O) groups excluding carboxylic acids is 2. The van der Waals surface area contributed by atoms with Crippen LogP contribution in [0.3, 0.4) is 0 Å². The van der Waals surface area contributed by atoms with Crippen molar-refractivity contribution in [3.05, 3.63) is 112 Å². The Hall–Kier alpha value is -4.38. The number of Topliss-reactive ketones (excluding diaryl/α,β-unsaturated/α-hetero) is 1. The van der Waals surface area contributed by atoms with E-state index in [1.165, 1.54) is 28.0 Å². The number of carbonyl (C=O) groups is 2. The molecule has 0 radical (unpaired) electrons. The molecule has 1 amide bonds. The number of hydrogen-bond acceptors (Lipinski definition) is 9. The highest BCUT2D eigenvalue weighted by atomic mass is 35.5. The summed E-state index contributed by atoms with van der Waals surface area (Å²) in [7, 11) is 0. The lowest BCUT2D eigenvalue weighted by Crippen LogP contribution is -2.29. The number of ether oxygens (including phenoxy) is 2. The summed E-state index contributed by atoms with van der Waals surface area (Å²) in [6, 6.07) is 25.1. The van der Waals surface area contributed by atoms with Crippen molar-refractivity contribution in [2.45, 2.75) is 42.8 Å². The second-order valence-corrected chi connectivity index (χ2v) is 13.4. The van der Waals surface area contributed by atoms with Crippen molar-refractivity contribution in [3.63, 3.8) is 0 Å². The van der Waals surface area contributed by atoms with Gasteiger partial charge in [0.25, 0.3) is 5.78 Å². The van der Waals surface area contributed by atoms with Crippen LogP contribution in [0, 0.1) is 0 Å².